The van der Waals surface area contributed by atoms with Crippen molar-refractivity contribution in [3.63, 3.8) is 0 Å². The maximum absolute atomic E-state index is 12.0. The van der Waals surface area contributed by atoms with E-state index in [1.807, 2.05) is 0 Å². The molecule has 0 radical (unpaired) electrons. The molecule has 0 N–H and O–H groups in total. The molecular formula is C4H2BF4KS. The number of thiophene rings is 1. The number of hydrogen-bond acceptors (Lipinski definition) is 1. The van der Waals surface area contributed by atoms with Crippen LogP contribution in [-0.4, -0.2) is 6.98 Å². The van der Waals surface area contributed by atoms with E-state index in [-0.39, 0.29) is 51.4 Å². The first kappa shape index (κ1) is 12.1. The third-order valence-corrected chi connectivity index (χ3v) is 1.91. The van der Waals surface area contributed by atoms with Gasteiger partial charge in [0.15, 0.2) is 0 Å². The van der Waals surface area contributed by atoms with Crippen molar-refractivity contribution in [3.05, 3.63) is 17.3 Å². The van der Waals surface area contributed by atoms with Gasteiger partial charge in [-0.05, 0) is 6.07 Å². The molecule has 0 nitrogen and oxygen atoms in total. The summed E-state index contributed by atoms with van der Waals surface area (Å²) in [4.78, 5) is 0. The Morgan fingerprint density at radius 2 is 1.82 bits per heavy atom. The third-order valence-electron chi connectivity index (χ3n) is 0.910. The zero-order valence-electron chi connectivity index (χ0n) is 5.65. The molecular weight excluding hydrogens is 206 g/mol. The monoisotopic (exact) mass is 208 g/mol. The molecule has 11 heavy (non-hydrogen) atoms. The minimum Gasteiger partial charge on any atom is -0.444 e. The molecule has 0 spiro atoms. The van der Waals surface area contributed by atoms with E-state index in [4.69, 9.17) is 0 Å². The zero-order chi connectivity index (χ0) is 7.78. The third kappa shape index (κ3) is 3.56. The predicted octanol–water partition coefficient (Wildman–Crippen LogP) is -1.05. The number of rotatable bonds is 1. The normalized spacial score (nSPS) is 10.9. The van der Waals surface area contributed by atoms with Crippen molar-refractivity contribution in [2.45, 2.75) is 0 Å². The number of halogens is 4. The van der Waals surface area contributed by atoms with Crippen LogP contribution in [0.1, 0.15) is 0 Å². The molecule has 0 fully saturated rings. The van der Waals surface area contributed by atoms with Crippen LogP contribution in [0, 0.1) is 5.82 Å². The van der Waals surface area contributed by atoms with Gasteiger partial charge in [-0.1, -0.05) is 4.78 Å². The molecule has 0 saturated carbocycles. The molecule has 1 aromatic rings. The molecule has 0 aromatic carbocycles. The van der Waals surface area contributed by atoms with Gasteiger partial charge in [-0.25, -0.2) is 4.39 Å². The molecule has 0 aliphatic heterocycles. The molecule has 0 bridgehead atoms. The van der Waals surface area contributed by atoms with Crippen LogP contribution in [-0.2, 0) is 0 Å². The fourth-order valence-electron chi connectivity index (χ4n) is 0.500. The molecule has 0 aliphatic carbocycles. The smallest absolute Gasteiger partial charge is 0.444 e. The summed E-state index contributed by atoms with van der Waals surface area (Å²) in [5.41, 5.74) is 0. The van der Waals surface area contributed by atoms with Gasteiger partial charge in [0, 0.05) is 5.38 Å². The van der Waals surface area contributed by atoms with E-state index in [1.165, 1.54) is 0 Å². The molecule has 56 valence electrons. The van der Waals surface area contributed by atoms with Crippen molar-refractivity contribution in [2.24, 2.45) is 0 Å². The first-order valence-electron chi connectivity index (χ1n) is 2.44. The summed E-state index contributed by atoms with van der Waals surface area (Å²) >= 11 is 0.384. The average molecular weight is 208 g/mol. The van der Waals surface area contributed by atoms with Crippen LogP contribution in [0.3, 0.4) is 0 Å². The van der Waals surface area contributed by atoms with Crippen molar-refractivity contribution >= 4 is 23.1 Å². The van der Waals surface area contributed by atoms with Crippen LogP contribution in [0.25, 0.3) is 0 Å². The predicted molar refractivity (Wildman–Crippen MR) is 33.0 cm³/mol. The Hall–Kier alpha value is 1.12. The van der Waals surface area contributed by atoms with Crippen molar-refractivity contribution < 1.29 is 68.7 Å². The molecule has 1 heterocycles. The second-order valence-corrected chi connectivity index (χ2v) is 2.68. The molecule has 1 aromatic heterocycles. The van der Waals surface area contributed by atoms with Gasteiger partial charge in [-0.2, -0.15) is 11.3 Å². The maximum Gasteiger partial charge on any atom is 1.00 e. The van der Waals surface area contributed by atoms with Gasteiger partial charge in [0.2, 0.25) is 0 Å². The van der Waals surface area contributed by atoms with Gasteiger partial charge in [-0.15, -0.1) is 0 Å². The molecule has 7 heteroatoms. The summed E-state index contributed by atoms with van der Waals surface area (Å²) < 4.78 is 46.3. The second-order valence-electron chi connectivity index (χ2n) is 1.74. The van der Waals surface area contributed by atoms with E-state index < -0.39 is 17.6 Å². The van der Waals surface area contributed by atoms with Crippen LogP contribution in [0.5, 0.6) is 0 Å². The standard InChI is InChI=1S/C4H2BF4S.K/c6-3-1-4(10-2-3)5(7,8)9;/h1-2H;/q-1;+1. The van der Waals surface area contributed by atoms with Crippen LogP contribution < -0.4 is 56.2 Å². The fourth-order valence-corrected chi connectivity index (χ4v) is 1.15. The fraction of sp³-hybridized carbons (Fsp3) is 0. The largest absolute Gasteiger partial charge is 1.00 e. The van der Waals surface area contributed by atoms with Crippen molar-refractivity contribution in [3.8, 4) is 0 Å². The van der Waals surface area contributed by atoms with E-state index >= 15 is 0 Å². The van der Waals surface area contributed by atoms with Crippen LogP contribution in [0.2, 0.25) is 0 Å². The Morgan fingerprint density at radius 1 is 1.27 bits per heavy atom. The summed E-state index contributed by atoms with van der Waals surface area (Å²) in [7, 11) is 0. The van der Waals surface area contributed by atoms with Gasteiger partial charge < -0.3 is 12.9 Å². The van der Waals surface area contributed by atoms with E-state index in [1.54, 1.807) is 0 Å². The molecule has 0 saturated heterocycles. The maximum atomic E-state index is 12.0. The summed E-state index contributed by atoms with van der Waals surface area (Å²) in [5.74, 6) is -0.820. The Kier molecular flexibility index (Phi) is 4.83. The van der Waals surface area contributed by atoms with Gasteiger partial charge in [0.05, 0.1) is 0 Å². The Morgan fingerprint density at radius 3 is 2.00 bits per heavy atom. The van der Waals surface area contributed by atoms with Gasteiger partial charge in [0.25, 0.3) is 0 Å². The topological polar surface area (TPSA) is 0 Å². The van der Waals surface area contributed by atoms with E-state index in [0.717, 1.165) is 5.38 Å². The van der Waals surface area contributed by atoms with E-state index in [0.29, 0.717) is 17.4 Å². The van der Waals surface area contributed by atoms with Crippen molar-refractivity contribution in [1.29, 1.82) is 0 Å². The first-order valence-corrected chi connectivity index (χ1v) is 3.32. The average Bonchev–Trinajstić information content (AvgIpc) is 2.11. The second kappa shape index (κ2) is 4.38. The SMILES string of the molecule is Fc1csc([B-](F)(F)F)c1.[K+]. The molecule has 1 rings (SSSR count). The summed E-state index contributed by atoms with van der Waals surface area (Å²) in [5, 5.41) is 0.838. The summed E-state index contributed by atoms with van der Waals surface area (Å²) in [6, 6.07) is 0.505. The van der Waals surface area contributed by atoms with Gasteiger partial charge >= 0.3 is 58.4 Å². The Balaban J connectivity index is 0.000001000. The first-order chi connectivity index (χ1) is 4.50. The molecule has 0 atom stereocenters. The molecule has 0 unspecified atom stereocenters. The van der Waals surface area contributed by atoms with Crippen LogP contribution in [0.4, 0.5) is 17.3 Å². The van der Waals surface area contributed by atoms with Gasteiger partial charge in [-0.3, -0.25) is 0 Å². The zero-order valence-corrected chi connectivity index (χ0v) is 9.59. The van der Waals surface area contributed by atoms with E-state index in [9.17, 15) is 17.3 Å². The van der Waals surface area contributed by atoms with Crippen molar-refractivity contribution in [1.82, 2.24) is 0 Å². The van der Waals surface area contributed by atoms with Crippen LogP contribution >= 0.6 is 11.3 Å². The Bertz CT molecular complexity index is 232. The van der Waals surface area contributed by atoms with E-state index in [2.05, 4.69) is 0 Å². The quantitative estimate of drug-likeness (QED) is 0.408. The molecule has 0 amide bonds. The number of hydrogen-bond donors (Lipinski definition) is 0. The van der Waals surface area contributed by atoms with Crippen molar-refractivity contribution in [2.75, 3.05) is 0 Å². The minimum absolute atomic E-state index is 0. The summed E-state index contributed by atoms with van der Waals surface area (Å²) in [6.45, 7) is -5.00. The van der Waals surface area contributed by atoms with Crippen LogP contribution in [0.15, 0.2) is 11.4 Å². The minimum atomic E-state index is -5.00. The summed E-state index contributed by atoms with van der Waals surface area (Å²) in [6.07, 6.45) is 0. The Labute approximate surface area is 107 Å². The molecule has 0 aliphatic rings. The van der Waals surface area contributed by atoms with Gasteiger partial charge in [0.1, 0.15) is 5.82 Å².